The van der Waals surface area contributed by atoms with Crippen molar-refractivity contribution in [2.45, 2.75) is 13.5 Å². The van der Waals surface area contributed by atoms with Gasteiger partial charge in [0.1, 0.15) is 18.1 Å². The SMILES string of the molecule is COc1ccc(C(C)=O)cc1COc1ccsc1C(=O)O. The van der Waals surface area contributed by atoms with Gasteiger partial charge in [0.05, 0.1) is 7.11 Å². The van der Waals surface area contributed by atoms with Gasteiger partial charge in [-0.3, -0.25) is 4.79 Å². The minimum Gasteiger partial charge on any atom is -0.496 e. The van der Waals surface area contributed by atoms with Gasteiger partial charge in [-0.05, 0) is 36.6 Å². The lowest BCUT2D eigenvalue weighted by Crippen LogP contribution is -2.03. The molecule has 0 bridgehead atoms. The van der Waals surface area contributed by atoms with Crippen molar-refractivity contribution in [2.24, 2.45) is 0 Å². The van der Waals surface area contributed by atoms with E-state index in [9.17, 15) is 9.59 Å². The van der Waals surface area contributed by atoms with Crippen LogP contribution in [0.3, 0.4) is 0 Å². The average Bonchev–Trinajstić information content (AvgIpc) is 2.93. The van der Waals surface area contributed by atoms with Gasteiger partial charge < -0.3 is 14.6 Å². The van der Waals surface area contributed by atoms with Crippen LogP contribution >= 0.6 is 11.3 Å². The summed E-state index contributed by atoms with van der Waals surface area (Å²) in [6, 6.07) is 6.67. The quantitative estimate of drug-likeness (QED) is 0.829. The van der Waals surface area contributed by atoms with Gasteiger partial charge in [-0.25, -0.2) is 4.79 Å². The van der Waals surface area contributed by atoms with Crippen molar-refractivity contribution in [3.63, 3.8) is 0 Å². The topological polar surface area (TPSA) is 72.8 Å². The summed E-state index contributed by atoms with van der Waals surface area (Å²) in [6.45, 7) is 1.61. The molecule has 2 aromatic rings. The molecule has 5 nitrogen and oxygen atoms in total. The summed E-state index contributed by atoms with van der Waals surface area (Å²) < 4.78 is 10.8. The second kappa shape index (κ2) is 6.41. The Morgan fingerprint density at radius 1 is 1.24 bits per heavy atom. The number of thiophene rings is 1. The van der Waals surface area contributed by atoms with Crippen LogP contribution in [0.1, 0.15) is 32.5 Å². The van der Waals surface area contributed by atoms with Gasteiger partial charge in [0.2, 0.25) is 0 Å². The van der Waals surface area contributed by atoms with Crippen molar-refractivity contribution >= 4 is 23.1 Å². The van der Waals surface area contributed by atoms with Crippen molar-refractivity contribution in [1.82, 2.24) is 0 Å². The molecule has 0 amide bonds. The molecule has 0 spiro atoms. The van der Waals surface area contributed by atoms with Gasteiger partial charge in [-0.15, -0.1) is 11.3 Å². The van der Waals surface area contributed by atoms with Gasteiger partial charge in [-0.1, -0.05) is 0 Å². The van der Waals surface area contributed by atoms with Crippen molar-refractivity contribution in [3.8, 4) is 11.5 Å². The first-order chi connectivity index (χ1) is 10.0. The number of carboxylic acids is 1. The Balaban J connectivity index is 2.22. The molecule has 0 aliphatic heterocycles. The van der Waals surface area contributed by atoms with E-state index in [0.717, 1.165) is 11.3 Å². The van der Waals surface area contributed by atoms with E-state index in [2.05, 4.69) is 0 Å². The monoisotopic (exact) mass is 306 g/mol. The molecule has 2 rings (SSSR count). The summed E-state index contributed by atoms with van der Waals surface area (Å²) in [5, 5.41) is 10.7. The molecule has 110 valence electrons. The molecule has 1 aromatic heterocycles. The molecule has 0 atom stereocenters. The van der Waals surface area contributed by atoms with Crippen LogP contribution in [0, 0.1) is 0 Å². The summed E-state index contributed by atoms with van der Waals surface area (Å²) in [6.07, 6.45) is 0. The van der Waals surface area contributed by atoms with E-state index < -0.39 is 5.97 Å². The Bertz CT molecular complexity index is 674. The molecule has 1 aromatic carbocycles. The first-order valence-corrected chi connectivity index (χ1v) is 7.02. The fourth-order valence-electron chi connectivity index (χ4n) is 1.83. The third-order valence-corrected chi connectivity index (χ3v) is 3.78. The van der Waals surface area contributed by atoms with E-state index in [1.807, 2.05) is 0 Å². The highest BCUT2D eigenvalue weighted by Crippen LogP contribution is 2.27. The number of methoxy groups -OCH3 is 1. The highest BCUT2D eigenvalue weighted by Gasteiger charge is 2.14. The van der Waals surface area contributed by atoms with E-state index in [4.69, 9.17) is 14.6 Å². The summed E-state index contributed by atoms with van der Waals surface area (Å²) in [4.78, 5) is 22.6. The van der Waals surface area contributed by atoms with Crippen molar-refractivity contribution in [1.29, 1.82) is 0 Å². The lowest BCUT2D eigenvalue weighted by atomic mass is 10.1. The number of carbonyl (C=O) groups is 2. The molecule has 0 unspecified atom stereocenters. The molecular weight excluding hydrogens is 292 g/mol. The van der Waals surface area contributed by atoms with Crippen LogP contribution in [0.2, 0.25) is 0 Å². The standard InChI is InChI=1S/C15H14O5S/c1-9(16)10-3-4-12(19-2)11(7-10)8-20-13-5-6-21-14(13)15(17)18/h3-7H,8H2,1-2H3,(H,17,18). The van der Waals surface area contributed by atoms with Gasteiger partial charge in [0.25, 0.3) is 0 Å². The second-order valence-corrected chi connectivity index (χ2v) is 5.21. The summed E-state index contributed by atoms with van der Waals surface area (Å²) in [5.41, 5.74) is 1.24. The first kappa shape index (κ1) is 15.1. The Morgan fingerprint density at radius 2 is 2.00 bits per heavy atom. The molecule has 1 heterocycles. The number of Topliss-reactive ketones (excluding diaryl/α,β-unsaturated/α-hetero) is 1. The minimum absolute atomic E-state index is 0.0549. The Morgan fingerprint density at radius 3 is 2.62 bits per heavy atom. The number of carbonyl (C=O) groups excluding carboxylic acids is 1. The zero-order chi connectivity index (χ0) is 15.4. The molecule has 0 saturated carbocycles. The third kappa shape index (κ3) is 3.41. The Kier molecular flexibility index (Phi) is 4.59. The second-order valence-electron chi connectivity index (χ2n) is 4.29. The third-order valence-electron chi connectivity index (χ3n) is 2.89. The van der Waals surface area contributed by atoms with Crippen LogP contribution in [0.4, 0.5) is 0 Å². The number of benzene rings is 1. The number of ketones is 1. The number of aromatic carboxylic acids is 1. The maximum absolute atomic E-state index is 11.4. The number of hydrogen-bond donors (Lipinski definition) is 1. The average molecular weight is 306 g/mol. The summed E-state index contributed by atoms with van der Waals surface area (Å²) >= 11 is 1.10. The minimum atomic E-state index is -1.02. The summed E-state index contributed by atoms with van der Waals surface area (Å²) in [7, 11) is 1.53. The van der Waals surface area contributed by atoms with E-state index in [0.29, 0.717) is 22.6 Å². The summed E-state index contributed by atoms with van der Waals surface area (Å²) in [5.74, 6) is -0.181. The molecule has 21 heavy (non-hydrogen) atoms. The Labute approximate surface area is 125 Å². The lowest BCUT2D eigenvalue weighted by molar-refractivity contribution is 0.0697. The molecule has 0 fully saturated rings. The van der Waals surface area contributed by atoms with Gasteiger partial charge in [-0.2, -0.15) is 0 Å². The van der Waals surface area contributed by atoms with Crippen LogP contribution in [0.15, 0.2) is 29.6 Å². The smallest absolute Gasteiger partial charge is 0.349 e. The van der Waals surface area contributed by atoms with E-state index in [-0.39, 0.29) is 17.3 Å². The highest BCUT2D eigenvalue weighted by atomic mass is 32.1. The number of ether oxygens (including phenoxy) is 2. The highest BCUT2D eigenvalue weighted by molar-refractivity contribution is 7.12. The molecule has 0 saturated heterocycles. The first-order valence-electron chi connectivity index (χ1n) is 6.14. The van der Waals surface area contributed by atoms with Crippen molar-refractivity contribution in [3.05, 3.63) is 45.6 Å². The predicted molar refractivity (Wildman–Crippen MR) is 78.6 cm³/mol. The normalized spacial score (nSPS) is 10.2. The predicted octanol–water partition coefficient (Wildman–Crippen LogP) is 3.24. The molecule has 0 aliphatic rings. The van der Waals surface area contributed by atoms with Crippen LogP contribution in [0.5, 0.6) is 11.5 Å². The number of rotatable bonds is 6. The number of hydrogen-bond acceptors (Lipinski definition) is 5. The van der Waals surface area contributed by atoms with E-state index >= 15 is 0 Å². The van der Waals surface area contributed by atoms with Crippen LogP contribution in [-0.4, -0.2) is 24.0 Å². The van der Waals surface area contributed by atoms with E-state index in [1.165, 1.54) is 14.0 Å². The Hall–Kier alpha value is -2.34. The molecule has 0 radical (unpaired) electrons. The molecule has 0 aliphatic carbocycles. The largest absolute Gasteiger partial charge is 0.496 e. The van der Waals surface area contributed by atoms with Gasteiger partial charge in [0, 0.05) is 11.1 Å². The van der Waals surface area contributed by atoms with Crippen molar-refractivity contribution in [2.75, 3.05) is 7.11 Å². The molecule has 1 N–H and O–H groups in total. The number of carboxylic acid groups (broad SMARTS) is 1. The molecule has 6 heteroatoms. The maximum Gasteiger partial charge on any atom is 0.349 e. The molecular formula is C15H14O5S. The van der Waals surface area contributed by atoms with Gasteiger partial charge in [0.15, 0.2) is 10.7 Å². The fourth-order valence-corrected chi connectivity index (χ4v) is 2.50. The van der Waals surface area contributed by atoms with Crippen LogP contribution in [-0.2, 0) is 6.61 Å². The van der Waals surface area contributed by atoms with Crippen LogP contribution < -0.4 is 9.47 Å². The lowest BCUT2D eigenvalue weighted by Gasteiger charge is -2.11. The van der Waals surface area contributed by atoms with Gasteiger partial charge >= 0.3 is 5.97 Å². The zero-order valence-corrected chi connectivity index (χ0v) is 12.4. The van der Waals surface area contributed by atoms with Crippen LogP contribution in [0.25, 0.3) is 0 Å². The van der Waals surface area contributed by atoms with Crippen molar-refractivity contribution < 1.29 is 24.2 Å². The fraction of sp³-hybridized carbons (Fsp3) is 0.200. The van der Waals surface area contributed by atoms with E-state index in [1.54, 1.807) is 29.6 Å². The zero-order valence-electron chi connectivity index (χ0n) is 11.6. The maximum atomic E-state index is 11.4.